The van der Waals surface area contributed by atoms with Crippen LogP contribution in [0, 0.1) is 6.92 Å². The topological polar surface area (TPSA) is 98.3 Å². The molecule has 0 radical (unpaired) electrons. The van der Waals surface area contributed by atoms with Crippen molar-refractivity contribution in [2.24, 2.45) is 12.2 Å². The molecular formula is C16H20N4O3S. The molecule has 7 nitrogen and oxygen atoms in total. The van der Waals surface area contributed by atoms with Crippen LogP contribution in [0.3, 0.4) is 0 Å². The SMILES string of the molecule is Cc1ccc(S(N)(=O)=O)cc1C(=O)N1CCCC1c1cnn(C)c1. The number of sulfonamides is 1. The van der Waals surface area contributed by atoms with Crippen LogP contribution < -0.4 is 5.14 Å². The van der Waals surface area contributed by atoms with Crippen LogP contribution in [-0.2, 0) is 17.1 Å². The molecule has 1 aromatic carbocycles. The van der Waals surface area contributed by atoms with Gasteiger partial charge in [0.2, 0.25) is 10.0 Å². The first-order chi connectivity index (χ1) is 11.3. The minimum Gasteiger partial charge on any atom is -0.331 e. The molecule has 0 saturated carbocycles. The molecule has 0 bridgehead atoms. The number of aromatic nitrogens is 2. The zero-order chi connectivity index (χ0) is 17.5. The van der Waals surface area contributed by atoms with Gasteiger partial charge in [-0.1, -0.05) is 6.07 Å². The van der Waals surface area contributed by atoms with E-state index in [1.165, 1.54) is 12.1 Å². The Morgan fingerprint density at radius 2 is 2.12 bits per heavy atom. The Hall–Kier alpha value is -2.19. The Kier molecular flexibility index (Phi) is 4.18. The average Bonchev–Trinajstić information content (AvgIpc) is 3.14. The molecule has 2 aromatic rings. The summed E-state index contributed by atoms with van der Waals surface area (Å²) in [5, 5.41) is 9.36. The third-order valence-corrected chi connectivity index (χ3v) is 5.30. The molecule has 1 atom stereocenters. The van der Waals surface area contributed by atoms with Gasteiger partial charge in [-0.15, -0.1) is 0 Å². The predicted molar refractivity (Wildman–Crippen MR) is 88.8 cm³/mol. The Morgan fingerprint density at radius 1 is 1.38 bits per heavy atom. The van der Waals surface area contributed by atoms with Gasteiger partial charge in [0.1, 0.15) is 0 Å². The first-order valence-corrected chi connectivity index (χ1v) is 9.25. The van der Waals surface area contributed by atoms with Gasteiger partial charge in [0, 0.05) is 30.9 Å². The maximum Gasteiger partial charge on any atom is 0.254 e. The summed E-state index contributed by atoms with van der Waals surface area (Å²) in [6, 6.07) is 4.36. The van der Waals surface area contributed by atoms with E-state index in [1.807, 2.05) is 13.2 Å². The summed E-state index contributed by atoms with van der Waals surface area (Å²) in [4.78, 5) is 14.7. The highest BCUT2D eigenvalue weighted by Crippen LogP contribution is 2.33. The monoisotopic (exact) mass is 348 g/mol. The van der Waals surface area contributed by atoms with Crippen LogP contribution in [0.2, 0.25) is 0 Å². The van der Waals surface area contributed by atoms with Gasteiger partial charge in [0.25, 0.3) is 5.91 Å². The summed E-state index contributed by atoms with van der Waals surface area (Å²) < 4.78 is 24.9. The summed E-state index contributed by atoms with van der Waals surface area (Å²) in [6.07, 6.45) is 5.44. The van der Waals surface area contributed by atoms with Gasteiger partial charge in [-0.3, -0.25) is 9.48 Å². The van der Waals surface area contributed by atoms with E-state index in [4.69, 9.17) is 5.14 Å². The molecular weight excluding hydrogens is 328 g/mol. The Balaban J connectivity index is 1.96. The van der Waals surface area contributed by atoms with Gasteiger partial charge in [-0.25, -0.2) is 13.6 Å². The number of aryl methyl sites for hydroxylation is 2. The van der Waals surface area contributed by atoms with Crippen LogP contribution in [0.15, 0.2) is 35.5 Å². The molecule has 2 N–H and O–H groups in total. The van der Waals surface area contributed by atoms with Crippen molar-refractivity contribution in [3.63, 3.8) is 0 Å². The van der Waals surface area contributed by atoms with Gasteiger partial charge in [-0.05, 0) is 37.5 Å². The van der Waals surface area contributed by atoms with E-state index in [0.717, 1.165) is 24.0 Å². The average molecular weight is 348 g/mol. The molecule has 3 rings (SSSR count). The van der Waals surface area contributed by atoms with Gasteiger partial charge < -0.3 is 4.90 Å². The van der Waals surface area contributed by atoms with Crippen LogP contribution in [0.25, 0.3) is 0 Å². The molecule has 128 valence electrons. The van der Waals surface area contributed by atoms with Crippen LogP contribution in [-0.4, -0.2) is 35.6 Å². The molecule has 24 heavy (non-hydrogen) atoms. The molecule has 1 unspecified atom stereocenters. The molecule has 1 saturated heterocycles. The second-order valence-electron chi connectivity index (χ2n) is 6.13. The van der Waals surface area contributed by atoms with E-state index >= 15 is 0 Å². The second kappa shape index (κ2) is 6.03. The number of primary sulfonamides is 1. The number of carbonyl (C=O) groups is 1. The first kappa shape index (κ1) is 16.7. The van der Waals surface area contributed by atoms with Gasteiger partial charge in [0.15, 0.2) is 0 Å². The van der Waals surface area contributed by atoms with Crippen molar-refractivity contribution in [1.82, 2.24) is 14.7 Å². The number of hydrogen-bond acceptors (Lipinski definition) is 4. The summed E-state index contributed by atoms with van der Waals surface area (Å²) in [7, 11) is -2.01. The lowest BCUT2D eigenvalue weighted by molar-refractivity contribution is 0.0734. The van der Waals surface area contributed by atoms with E-state index in [-0.39, 0.29) is 16.8 Å². The molecule has 2 heterocycles. The van der Waals surface area contributed by atoms with E-state index in [0.29, 0.717) is 12.1 Å². The van der Waals surface area contributed by atoms with Crippen molar-refractivity contribution in [1.29, 1.82) is 0 Å². The van der Waals surface area contributed by atoms with Crippen LogP contribution >= 0.6 is 0 Å². The standard InChI is InChI=1S/C16H20N4O3S/c1-11-5-6-13(24(17,22)23)8-14(11)16(21)20-7-3-4-15(20)12-9-18-19(2)10-12/h5-6,8-10,15H,3-4,7H2,1-2H3,(H2,17,22,23). The molecule has 1 aliphatic rings. The van der Waals surface area contributed by atoms with Crippen LogP contribution in [0.5, 0.6) is 0 Å². The summed E-state index contributed by atoms with van der Waals surface area (Å²) in [6.45, 7) is 2.42. The minimum absolute atomic E-state index is 0.0382. The van der Waals surface area contributed by atoms with Gasteiger partial charge in [-0.2, -0.15) is 5.10 Å². The van der Waals surface area contributed by atoms with Crippen molar-refractivity contribution in [2.75, 3.05) is 6.54 Å². The lowest BCUT2D eigenvalue weighted by Crippen LogP contribution is -2.31. The van der Waals surface area contributed by atoms with Crippen molar-refractivity contribution < 1.29 is 13.2 Å². The van der Waals surface area contributed by atoms with E-state index in [9.17, 15) is 13.2 Å². The molecule has 8 heteroatoms. The predicted octanol–water partition coefficient (Wildman–Crippen LogP) is 1.35. The highest BCUT2D eigenvalue weighted by atomic mass is 32.2. The molecule has 0 aliphatic carbocycles. The molecule has 1 aromatic heterocycles. The van der Waals surface area contributed by atoms with Crippen molar-refractivity contribution >= 4 is 15.9 Å². The van der Waals surface area contributed by atoms with Crippen molar-refractivity contribution in [3.8, 4) is 0 Å². The van der Waals surface area contributed by atoms with Crippen molar-refractivity contribution in [2.45, 2.75) is 30.7 Å². The largest absolute Gasteiger partial charge is 0.331 e. The van der Waals surface area contributed by atoms with Gasteiger partial charge in [0.05, 0.1) is 17.1 Å². The normalized spacial score (nSPS) is 18.1. The van der Waals surface area contributed by atoms with E-state index in [2.05, 4.69) is 5.10 Å². The van der Waals surface area contributed by atoms with Crippen molar-refractivity contribution in [3.05, 3.63) is 47.3 Å². The molecule has 1 aliphatic heterocycles. The quantitative estimate of drug-likeness (QED) is 0.905. The maximum absolute atomic E-state index is 13.0. The minimum atomic E-state index is -3.85. The highest BCUT2D eigenvalue weighted by Gasteiger charge is 2.32. The fourth-order valence-corrected chi connectivity index (χ4v) is 3.67. The Morgan fingerprint density at radius 3 is 2.75 bits per heavy atom. The Labute approximate surface area is 141 Å². The highest BCUT2D eigenvalue weighted by molar-refractivity contribution is 7.89. The summed E-state index contributed by atoms with van der Waals surface area (Å²) in [5.41, 5.74) is 2.09. The number of nitrogens with zero attached hydrogens (tertiary/aromatic N) is 3. The zero-order valence-electron chi connectivity index (χ0n) is 13.6. The maximum atomic E-state index is 13.0. The van der Waals surface area contributed by atoms with Gasteiger partial charge >= 0.3 is 0 Å². The third-order valence-electron chi connectivity index (χ3n) is 4.39. The molecule has 1 amide bonds. The molecule has 1 fully saturated rings. The lowest BCUT2D eigenvalue weighted by Gasteiger charge is -2.25. The van der Waals surface area contributed by atoms with E-state index < -0.39 is 10.0 Å². The number of rotatable bonds is 3. The number of amides is 1. The lowest BCUT2D eigenvalue weighted by atomic mass is 10.1. The number of carbonyl (C=O) groups excluding carboxylic acids is 1. The first-order valence-electron chi connectivity index (χ1n) is 7.70. The summed E-state index contributed by atoms with van der Waals surface area (Å²) in [5.74, 6) is -0.177. The smallest absolute Gasteiger partial charge is 0.254 e. The second-order valence-corrected chi connectivity index (χ2v) is 7.69. The number of hydrogen-bond donors (Lipinski definition) is 1. The zero-order valence-corrected chi connectivity index (χ0v) is 14.5. The Bertz CT molecular complexity index is 888. The number of likely N-dealkylation sites (tertiary alicyclic amines) is 1. The van der Waals surface area contributed by atoms with E-state index in [1.54, 1.807) is 28.8 Å². The third kappa shape index (κ3) is 3.07. The van der Waals surface area contributed by atoms with Crippen LogP contribution in [0.4, 0.5) is 0 Å². The summed E-state index contributed by atoms with van der Waals surface area (Å²) >= 11 is 0. The number of nitrogens with two attached hydrogens (primary N) is 1. The fraction of sp³-hybridized carbons (Fsp3) is 0.375. The van der Waals surface area contributed by atoms with Crippen LogP contribution in [0.1, 0.15) is 40.4 Å². The fourth-order valence-electron chi connectivity index (χ4n) is 3.13. The molecule has 0 spiro atoms. The number of benzene rings is 1.